The molecule has 0 spiro atoms. The summed E-state index contributed by atoms with van der Waals surface area (Å²) in [6.07, 6.45) is 3.42. The molecule has 0 amide bonds. The molecule has 1 fully saturated rings. The number of rotatable bonds is 5. The van der Waals surface area contributed by atoms with Crippen molar-refractivity contribution in [3.63, 3.8) is 0 Å². The summed E-state index contributed by atoms with van der Waals surface area (Å²) in [4.78, 5) is 8.66. The molecule has 0 radical (unpaired) electrons. The van der Waals surface area contributed by atoms with Crippen LogP contribution in [0.3, 0.4) is 0 Å². The van der Waals surface area contributed by atoms with Crippen molar-refractivity contribution in [1.29, 1.82) is 0 Å². The van der Waals surface area contributed by atoms with Gasteiger partial charge in [0.1, 0.15) is 17.8 Å². The number of nitrogens with one attached hydrogen (secondary N) is 3. The summed E-state index contributed by atoms with van der Waals surface area (Å²) >= 11 is 6.12. The van der Waals surface area contributed by atoms with E-state index in [-0.39, 0.29) is 17.1 Å². The standard InChI is InChI=1S/C20H29ClN6O/c1-19(2)9-13(10-20(3,4)27-19)25-17-16(22)18(24-11-23-17)26-14-8-12(21)6-7-15(14)28-5/h6-8,11,13,27H,9-10,22H2,1-5H3,(H2,23,24,25,26). The van der Waals surface area contributed by atoms with E-state index >= 15 is 0 Å². The maximum absolute atomic E-state index is 6.37. The number of halogens is 1. The normalized spacial score (nSPS) is 18.5. The first-order valence-electron chi connectivity index (χ1n) is 9.35. The predicted molar refractivity (Wildman–Crippen MR) is 116 cm³/mol. The fourth-order valence-corrected chi connectivity index (χ4v) is 4.31. The molecule has 0 aliphatic carbocycles. The highest BCUT2D eigenvalue weighted by Gasteiger charge is 2.37. The molecule has 0 saturated carbocycles. The summed E-state index contributed by atoms with van der Waals surface area (Å²) in [6, 6.07) is 5.58. The minimum absolute atomic E-state index is 0.0242. The largest absolute Gasteiger partial charge is 0.495 e. The Balaban J connectivity index is 1.83. The van der Waals surface area contributed by atoms with Crippen LogP contribution in [-0.2, 0) is 0 Å². The highest BCUT2D eigenvalue weighted by Crippen LogP contribution is 2.35. The number of methoxy groups -OCH3 is 1. The zero-order valence-corrected chi connectivity index (χ0v) is 17.8. The van der Waals surface area contributed by atoms with Crippen LogP contribution in [0.15, 0.2) is 24.5 Å². The van der Waals surface area contributed by atoms with Gasteiger partial charge < -0.3 is 26.4 Å². The van der Waals surface area contributed by atoms with Gasteiger partial charge in [0.05, 0.1) is 12.8 Å². The van der Waals surface area contributed by atoms with Gasteiger partial charge in [-0.15, -0.1) is 0 Å². The molecule has 1 aromatic carbocycles. The summed E-state index contributed by atoms with van der Waals surface area (Å²) < 4.78 is 5.38. The van der Waals surface area contributed by atoms with Gasteiger partial charge in [-0.25, -0.2) is 9.97 Å². The van der Waals surface area contributed by atoms with E-state index < -0.39 is 0 Å². The number of aromatic nitrogens is 2. The van der Waals surface area contributed by atoms with Crippen LogP contribution in [0.2, 0.25) is 5.02 Å². The number of hydrogen-bond acceptors (Lipinski definition) is 7. The van der Waals surface area contributed by atoms with Crippen LogP contribution < -0.4 is 26.4 Å². The summed E-state index contributed by atoms with van der Waals surface area (Å²) in [5.41, 5.74) is 7.57. The number of piperidine rings is 1. The quantitative estimate of drug-likeness (QED) is 0.593. The van der Waals surface area contributed by atoms with Gasteiger partial charge in [-0.2, -0.15) is 0 Å². The maximum atomic E-state index is 6.37. The lowest BCUT2D eigenvalue weighted by atomic mass is 9.79. The Morgan fingerprint density at radius 1 is 1.14 bits per heavy atom. The van der Waals surface area contributed by atoms with Crippen molar-refractivity contribution in [1.82, 2.24) is 15.3 Å². The van der Waals surface area contributed by atoms with Gasteiger partial charge in [-0.05, 0) is 58.7 Å². The Labute approximate surface area is 171 Å². The van der Waals surface area contributed by atoms with E-state index in [4.69, 9.17) is 22.1 Å². The zero-order chi connectivity index (χ0) is 20.5. The first kappa shape index (κ1) is 20.5. The molecule has 0 unspecified atom stereocenters. The molecule has 2 aromatic rings. The van der Waals surface area contributed by atoms with E-state index in [0.29, 0.717) is 33.8 Å². The summed E-state index contributed by atoms with van der Waals surface area (Å²) in [5.74, 6) is 1.78. The zero-order valence-electron chi connectivity index (χ0n) is 17.1. The summed E-state index contributed by atoms with van der Waals surface area (Å²) in [6.45, 7) is 8.85. The molecule has 2 heterocycles. The van der Waals surface area contributed by atoms with Crippen LogP contribution in [0.5, 0.6) is 5.75 Å². The molecule has 1 aromatic heterocycles. The lowest BCUT2D eigenvalue weighted by Crippen LogP contribution is -2.60. The Bertz CT molecular complexity index is 839. The molecule has 28 heavy (non-hydrogen) atoms. The fourth-order valence-electron chi connectivity index (χ4n) is 4.13. The Kier molecular flexibility index (Phi) is 5.59. The van der Waals surface area contributed by atoms with Crippen molar-refractivity contribution >= 4 is 34.6 Å². The molecular weight excluding hydrogens is 376 g/mol. The summed E-state index contributed by atoms with van der Waals surface area (Å²) in [5, 5.41) is 11.0. The molecule has 152 valence electrons. The highest BCUT2D eigenvalue weighted by molar-refractivity contribution is 6.31. The number of nitrogen functional groups attached to an aromatic ring is 1. The lowest BCUT2D eigenvalue weighted by molar-refractivity contribution is 0.170. The van der Waals surface area contributed by atoms with Crippen LogP contribution in [0.1, 0.15) is 40.5 Å². The van der Waals surface area contributed by atoms with Crippen LogP contribution in [0.4, 0.5) is 23.0 Å². The van der Waals surface area contributed by atoms with Crippen molar-refractivity contribution in [3.05, 3.63) is 29.5 Å². The fraction of sp³-hybridized carbons (Fsp3) is 0.500. The Morgan fingerprint density at radius 2 is 1.79 bits per heavy atom. The van der Waals surface area contributed by atoms with Gasteiger partial charge in [0.15, 0.2) is 11.6 Å². The molecule has 5 N–H and O–H groups in total. The third-order valence-electron chi connectivity index (χ3n) is 4.83. The SMILES string of the molecule is COc1ccc(Cl)cc1Nc1ncnc(NC2CC(C)(C)NC(C)(C)C2)c1N. The number of nitrogens with two attached hydrogens (primary N) is 1. The monoisotopic (exact) mass is 404 g/mol. The van der Waals surface area contributed by atoms with Gasteiger partial charge >= 0.3 is 0 Å². The molecule has 1 aliphatic rings. The Hall–Kier alpha value is -2.25. The van der Waals surface area contributed by atoms with E-state index in [9.17, 15) is 0 Å². The highest BCUT2D eigenvalue weighted by atomic mass is 35.5. The third-order valence-corrected chi connectivity index (χ3v) is 5.06. The van der Waals surface area contributed by atoms with Gasteiger partial charge in [-0.1, -0.05) is 11.6 Å². The lowest BCUT2D eigenvalue weighted by Gasteiger charge is -2.46. The second-order valence-electron chi connectivity index (χ2n) is 8.60. The van der Waals surface area contributed by atoms with Crippen LogP contribution in [-0.4, -0.2) is 34.2 Å². The topological polar surface area (TPSA) is 97.1 Å². The van der Waals surface area contributed by atoms with Gasteiger partial charge in [0, 0.05) is 22.1 Å². The number of ether oxygens (including phenoxy) is 1. The molecule has 7 nitrogen and oxygen atoms in total. The van der Waals surface area contributed by atoms with Crippen LogP contribution >= 0.6 is 11.6 Å². The van der Waals surface area contributed by atoms with E-state index in [1.165, 1.54) is 6.33 Å². The van der Waals surface area contributed by atoms with Crippen LogP contribution in [0, 0.1) is 0 Å². The van der Waals surface area contributed by atoms with Crippen molar-refractivity contribution in [2.24, 2.45) is 0 Å². The average molecular weight is 405 g/mol. The predicted octanol–water partition coefficient (Wildman–Crippen LogP) is 4.19. The number of anilines is 4. The maximum Gasteiger partial charge on any atom is 0.159 e. The van der Waals surface area contributed by atoms with Gasteiger partial charge in [-0.3, -0.25) is 0 Å². The smallest absolute Gasteiger partial charge is 0.159 e. The van der Waals surface area contributed by atoms with E-state index in [0.717, 1.165) is 12.8 Å². The second-order valence-corrected chi connectivity index (χ2v) is 9.03. The molecule has 3 rings (SSSR count). The molecular formula is C20H29ClN6O. The van der Waals surface area contributed by atoms with Crippen molar-refractivity contribution in [3.8, 4) is 5.75 Å². The summed E-state index contributed by atoms with van der Waals surface area (Å²) in [7, 11) is 1.60. The van der Waals surface area contributed by atoms with E-state index in [1.807, 2.05) is 0 Å². The third kappa shape index (κ3) is 4.77. The minimum atomic E-state index is 0.0242. The van der Waals surface area contributed by atoms with Gasteiger partial charge in [0.25, 0.3) is 0 Å². The first-order valence-corrected chi connectivity index (χ1v) is 9.73. The van der Waals surface area contributed by atoms with Crippen molar-refractivity contribution in [2.45, 2.75) is 57.7 Å². The molecule has 1 saturated heterocycles. The molecule has 0 bridgehead atoms. The van der Waals surface area contributed by atoms with E-state index in [1.54, 1.807) is 25.3 Å². The van der Waals surface area contributed by atoms with Crippen molar-refractivity contribution in [2.75, 3.05) is 23.5 Å². The molecule has 0 atom stereocenters. The van der Waals surface area contributed by atoms with Crippen LogP contribution in [0.25, 0.3) is 0 Å². The first-order chi connectivity index (χ1) is 13.1. The minimum Gasteiger partial charge on any atom is -0.495 e. The van der Waals surface area contributed by atoms with Crippen molar-refractivity contribution < 1.29 is 4.74 Å². The molecule has 8 heteroatoms. The number of nitrogens with zero attached hydrogens (tertiary/aromatic N) is 2. The average Bonchev–Trinajstić information content (AvgIpc) is 2.56. The second kappa shape index (κ2) is 7.64. The van der Waals surface area contributed by atoms with Gasteiger partial charge in [0.2, 0.25) is 0 Å². The Morgan fingerprint density at radius 3 is 2.43 bits per heavy atom. The number of benzene rings is 1. The number of hydrogen-bond donors (Lipinski definition) is 4. The molecule has 1 aliphatic heterocycles. The van der Waals surface area contributed by atoms with E-state index in [2.05, 4.69) is 53.6 Å².